The Kier molecular flexibility index (Phi) is 6.46. The molecule has 0 radical (unpaired) electrons. The van der Waals surface area contributed by atoms with Crippen LogP contribution in [0.1, 0.15) is 13.8 Å². The van der Waals surface area contributed by atoms with E-state index in [4.69, 9.17) is 10.5 Å². The van der Waals surface area contributed by atoms with Crippen molar-refractivity contribution in [2.75, 3.05) is 19.5 Å². The van der Waals surface area contributed by atoms with Gasteiger partial charge in [0.1, 0.15) is 4.90 Å². The molecule has 0 aromatic heterocycles. The summed E-state index contributed by atoms with van der Waals surface area (Å²) in [5.41, 5.74) is 6.00. The summed E-state index contributed by atoms with van der Waals surface area (Å²) in [6, 6.07) is 2.88. The van der Waals surface area contributed by atoms with E-state index in [0.717, 1.165) is 0 Å². The Morgan fingerprint density at radius 3 is 2.40 bits per heavy atom. The maximum absolute atomic E-state index is 12.5. The average Bonchev–Trinajstić information content (AvgIpc) is 2.25. The summed E-state index contributed by atoms with van der Waals surface area (Å²) in [5.74, 6) is 0.0974. The van der Waals surface area contributed by atoms with Crippen LogP contribution >= 0.6 is 31.9 Å². The SMILES string of the molecule is COCC(NS(=O)(=O)c1c(N)cc(Br)cc1Br)C(C)C. The molecule has 0 saturated carbocycles. The van der Waals surface area contributed by atoms with Crippen LogP contribution in [0.3, 0.4) is 0 Å². The minimum absolute atomic E-state index is 0.0439. The number of anilines is 1. The molecule has 0 bridgehead atoms. The van der Waals surface area contributed by atoms with Crippen LogP contribution in [0.2, 0.25) is 0 Å². The maximum atomic E-state index is 12.5. The number of nitrogens with two attached hydrogens (primary N) is 1. The van der Waals surface area contributed by atoms with E-state index in [2.05, 4.69) is 36.6 Å². The molecule has 0 heterocycles. The molecule has 1 unspecified atom stereocenters. The highest BCUT2D eigenvalue weighted by Crippen LogP contribution is 2.31. The van der Waals surface area contributed by atoms with Gasteiger partial charge in [0.15, 0.2) is 0 Å². The lowest BCUT2D eigenvalue weighted by atomic mass is 10.1. The molecule has 8 heteroatoms. The van der Waals surface area contributed by atoms with Crippen LogP contribution in [0.4, 0.5) is 5.69 Å². The van der Waals surface area contributed by atoms with Crippen molar-refractivity contribution in [1.82, 2.24) is 4.72 Å². The standard InChI is InChI=1S/C12H18Br2N2O3S/c1-7(2)11(6-19-3)16-20(17,18)12-9(14)4-8(13)5-10(12)15/h4-5,7,11,16H,6,15H2,1-3H3. The molecule has 0 spiro atoms. The number of rotatable bonds is 6. The van der Waals surface area contributed by atoms with Crippen molar-refractivity contribution in [3.8, 4) is 0 Å². The van der Waals surface area contributed by atoms with E-state index in [-0.39, 0.29) is 22.5 Å². The highest BCUT2D eigenvalue weighted by atomic mass is 79.9. The number of ether oxygens (including phenoxy) is 1. The third kappa shape index (κ3) is 4.42. The molecule has 0 fully saturated rings. The van der Waals surface area contributed by atoms with Crippen molar-refractivity contribution in [1.29, 1.82) is 0 Å². The van der Waals surface area contributed by atoms with Gasteiger partial charge in [-0.1, -0.05) is 29.8 Å². The molecule has 0 aliphatic rings. The number of nitrogen functional groups attached to an aromatic ring is 1. The van der Waals surface area contributed by atoms with E-state index in [9.17, 15) is 8.42 Å². The van der Waals surface area contributed by atoms with E-state index in [1.54, 1.807) is 12.1 Å². The molecule has 0 saturated heterocycles. The van der Waals surface area contributed by atoms with Gasteiger partial charge in [0.2, 0.25) is 10.0 Å². The largest absolute Gasteiger partial charge is 0.398 e. The second-order valence-corrected chi connectivity index (χ2v) is 8.15. The lowest BCUT2D eigenvalue weighted by molar-refractivity contribution is 0.157. The van der Waals surface area contributed by atoms with Gasteiger partial charge in [-0.3, -0.25) is 0 Å². The van der Waals surface area contributed by atoms with Crippen molar-refractivity contribution >= 4 is 47.6 Å². The number of benzene rings is 1. The second-order valence-electron chi connectivity index (χ2n) is 4.73. The summed E-state index contributed by atoms with van der Waals surface area (Å²) in [5, 5.41) is 0. The van der Waals surface area contributed by atoms with E-state index in [1.165, 1.54) is 7.11 Å². The molecule has 5 nitrogen and oxygen atoms in total. The van der Waals surface area contributed by atoms with Crippen molar-refractivity contribution in [2.45, 2.75) is 24.8 Å². The van der Waals surface area contributed by atoms with Crippen LogP contribution in [-0.4, -0.2) is 28.2 Å². The van der Waals surface area contributed by atoms with Crippen LogP contribution in [0.5, 0.6) is 0 Å². The highest BCUT2D eigenvalue weighted by molar-refractivity contribution is 9.11. The molecule has 3 N–H and O–H groups in total. The Balaban J connectivity index is 3.17. The van der Waals surface area contributed by atoms with E-state index >= 15 is 0 Å². The fourth-order valence-corrected chi connectivity index (χ4v) is 5.10. The van der Waals surface area contributed by atoms with Gasteiger partial charge < -0.3 is 10.5 Å². The molecule has 1 aromatic carbocycles. The van der Waals surface area contributed by atoms with Crippen molar-refractivity contribution in [2.24, 2.45) is 5.92 Å². The summed E-state index contributed by atoms with van der Waals surface area (Å²) in [6.07, 6.45) is 0. The highest BCUT2D eigenvalue weighted by Gasteiger charge is 2.26. The zero-order valence-electron chi connectivity index (χ0n) is 11.5. The van der Waals surface area contributed by atoms with Gasteiger partial charge in [-0.15, -0.1) is 0 Å². The van der Waals surface area contributed by atoms with Gasteiger partial charge in [0.05, 0.1) is 12.3 Å². The van der Waals surface area contributed by atoms with Gasteiger partial charge in [-0.2, -0.15) is 0 Å². The number of methoxy groups -OCH3 is 1. The Labute approximate surface area is 136 Å². The fourth-order valence-electron chi connectivity index (χ4n) is 1.66. The van der Waals surface area contributed by atoms with Crippen LogP contribution in [0, 0.1) is 5.92 Å². The summed E-state index contributed by atoms with van der Waals surface area (Å²) < 4.78 is 33.8. The summed E-state index contributed by atoms with van der Waals surface area (Å²) in [4.78, 5) is 0.0439. The molecule has 114 valence electrons. The zero-order chi connectivity index (χ0) is 15.5. The quantitative estimate of drug-likeness (QED) is 0.681. The molecular weight excluding hydrogens is 412 g/mol. The van der Waals surface area contributed by atoms with Crippen molar-refractivity contribution < 1.29 is 13.2 Å². The number of sulfonamides is 1. The first-order valence-electron chi connectivity index (χ1n) is 5.94. The third-order valence-corrected chi connectivity index (χ3v) is 5.72. The molecule has 20 heavy (non-hydrogen) atoms. The Bertz CT molecular complexity index is 553. The van der Waals surface area contributed by atoms with Crippen molar-refractivity contribution in [3.63, 3.8) is 0 Å². The van der Waals surface area contributed by atoms with Gasteiger partial charge in [0, 0.05) is 22.1 Å². The second kappa shape index (κ2) is 7.22. The molecule has 1 aromatic rings. The number of halogens is 2. The van der Waals surface area contributed by atoms with Gasteiger partial charge in [-0.05, 0) is 34.0 Å². The van der Waals surface area contributed by atoms with Crippen LogP contribution < -0.4 is 10.5 Å². The average molecular weight is 430 g/mol. The fraction of sp³-hybridized carbons (Fsp3) is 0.500. The molecule has 0 aliphatic carbocycles. The minimum atomic E-state index is -3.73. The topological polar surface area (TPSA) is 81.4 Å². The van der Waals surface area contributed by atoms with Crippen LogP contribution in [-0.2, 0) is 14.8 Å². The van der Waals surface area contributed by atoms with E-state index in [0.29, 0.717) is 15.6 Å². The van der Waals surface area contributed by atoms with Crippen molar-refractivity contribution in [3.05, 3.63) is 21.1 Å². The van der Waals surface area contributed by atoms with Gasteiger partial charge in [-0.25, -0.2) is 13.1 Å². The predicted octanol–water partition coefficient (Wildman–Crippen LogP) is 2.74. The Morgan fingerprint density at radius 1 is 1.35 bits per heavy atom. The Hall–Kier alpha value is -0.150. The molecule has 0 amide bonds. The summed E-state index contributed by atoms with van der Waals surface area (Å²) in [6.45, 7) is 4.14. The number of hydrogen-bond acceptors (Lipinski definition) is 4. The predicted molar refractivity (Wildman–Crippen MR) is 87.1 cm³/mol. The molecule has 1 rings (SSSR count). The van der Waals surface area contributed by atoms with Crippen LogP contribution in [0.25, 0.3) is 0 Å². The molecule has 1 atom stereocenters. The van der Waals surface area contributed by atoms with E-state index in [1.807, 2.05) is 13.8 Å². The summed E-state index contributed by atoms with van der Waals surface area (Å²) >= 11 is 6.51. The van der Waals surface area contributed by atoms with Gasteiger partial charge >= 0.3 is 0 Å². The minimum Gasteiger partial charge on any atom is -0.398 e. The monoisotopic (exact) mass is 428 g/mol. The first-order chi connectivity index (χ1) is 9.19. The normalized spacial score (nSPS) is 13.7. The smallest absolute Gasteiger partial charge is 0.244 e. The number of hydrogen-bond donors (Lipinski definition) is 2. The first-order valence-corrected chi connectivity index (χ1v) is 9.01. The lowest BCUT2D eigenvalue weighted by Crippen LogP contribution is -2.41. The zero-order valence-corrected chi connectivity index (χ0v) is 15.5. The molecular formula is C12H18Br2N2O3S. The van der Waals surface area contributed by atoms with Crippen LogP contribution in [0.15, 0.2) is 26.0 Å². The lowest BCUT2D eigenvalue weighted by Gasteiger charge is -2.22. The molecule has 0 aliphatic heterocycles. The van der Waals surface area contributed by atoms with Gasteiger partial charge in [0.25, 0.3) is 0 Å². The van der Waals surface area contributed by atoms with E-state index < -0.39 is 10.0 Å². The Morgan fingerprint density at radius 2 is 1.95 bits per heavy atom. The first kappa shape index (κ1) is 17.9. The maximum Gasteiger partial charge on any atom is 0.244 e. The third-order valence-electron chi connectivity index (χ3n) is 2.76. The number of nitrogens with one attached hydrogen (secondary N) is 1. The summed E-state index contributed by atoms with van der Waals surface area (Å²) in [7, 11) is -2.19.